The molecule has 0 aliphatic rings. The van der Waals surface area contributed by atoms with E-state index in [0.717, 1.165) is 27.8 Å². The first-order valence-corrected chi connectivity index (χ1v) is 6.88. The monoisotopic (exact) mass is 272 g/mol. The number of benzene rings is 1. The van der Waals surface area contributed by atoms with Crippen molar-refractivity contribution in [3.63, 3.8) is 0 Å². The number of aryl methyl sites for hydroxylation is 1. The Labute approximate surface area is 114 Å². The van der Waals surface area contributed by atoms with Crippen LogP contribution >= 0.6 is 11.3 Å². The number of nitrogens with zero attached hydrogens (tertiary/aromatic N) is 1. The van der Waals surface area contributed by atoms with Crippen molar-refractivity contribution in [2.45, 2.75) is 13.3 Å². The molecule has 1 N–H and O–H groups in total. The molecule has 0 aliphatic carbocycles. The van der Waals surface area contributed by atoms with E-state index in [2.05, 4.69) is 22.1 Å². The number of H-pyrrole nitrogens is 1. The minimum atomic E-state index is -0.180. The number of aromatic amines is 1. The van der Waals surface area contributed by atoms with E-state index in [4.69, 9.17) is 0 Å². The Kier molecular flexibility index (Phi) is 3.17. The van der Waals surface area contributed by atoms with E-state index in [1.165, 1.54) is 10.9 Å². The Morgan fingerprint density at radius 3 is 3.11 bits per heavy atom. The van der Waals surface area contributed by atoms with Gasteiger partial charge in [0.2, 0.25) is 0 Å². The predicted octanol–water partition coefficient (Wildman–Crippen LogP) is 4.33. The van der Waals surface area contributed by atoms with Crippen LogP contribution in [0, 0.1) is 12.7 Å². The third-order valence-corrected chi connectivity index (χ3v) is 4.32. The molecule has 2 nitrogen and oxygen atoms in total. The van der Waals surface area contributed by atoms with Crippen molar-refractivity contribution in [3.05, 3.63) is 58.8 Å². The first kappa shape index (κ1) is 12.1. The van der Waals surface area contributed by atoms with Crippen molar-refractivity contribution in [2.75, 3.05) is 0 Å². The Morgan fingerprint density at radius 2 is 2.32 bits per heavy atom. The molecule has 4 heteroatoms. The lowest BCUT2D eigenvalue weighted by Gasteiger charge is -1.92. The summed E-state index contributed by atoms with van der Waals surface area (Å²) in [5.74, 6) is -0.180. The molecule has 0 amide bonds. The number of rotatable bonds is 3. The largest absolute Gasteiger partial charge is 0.351 e. The van der Waals surface area contributed by atoms with Crippen molar-refractivity contribution < 1.29 is 4.39 Å². The molecule has 3 rings (SSSR count). The zero-order valence-corrected chi connectivity index (χ0v) is 11.3. The second-order valence-corrected chi connectivity index (χ2v) is 5.48. The highest BCUT2D eigenvalue weighted by atomic mass is 32.1. The molecule has 0 fully saturated rings. The van der Waals surface area contributed by atoms with Gasteiger partial charge in [-0.3, -0.25) is 0 Å². The SMILES string of the molecule is Cc1c(C=CCc2c[nH]cn2)sc2ccc(F)cc12. The molecular formula is C15H13FN2S. The van der Waals surface area contributed by atoms with Gasteiger partial charge in [-0.05, 0) is 42.1 Å². The summed E-state index contributed by atoms with van der Waals surface area (Å²) in [5.41, 5.74) is 2.15. The molecule has 2 heterocycles. The molecule has 0 radical (unpaired) electrons. The molecule has 0 saturated heterocycles. The lowest BCUT2D eigenvalue weighted by atomic mass is 10.1. The maximum Gasteiger partial charge on any atom is 0.123 e. The Morgan fingerprint density at radius 1 is 1.42 bits per heavy atom. The number of fused-ring (bicyclic) bond motifs is 1. The van der Waals surface area contributed by atoms with Gasteiger partial charge in [-0.25, -0.2) is 9.37 Å². The Balaban J connectivity index is 1.88. The van der Waals surface area contributed by atoms with Gasteiger partial charge in [0.25, 0.3) is 0 Å². The minimum Gasteiger partial charge on any atom is -0.351 e. The van der Waals surface area contributed by atoms with E-state index < -0.39 is 0 Å². The van der Waals surface area contributed by atoms with E-state index in [9.17, 15) is 4.39 Å². The molecule has 2 aromatic heterocycles. The molecule has 3 aromatic rings. The third kappa shape index (κ3) is 2.44. The summed E-state index contributed by atoms with van der Waals surface area (Å²) >= 11 is 1.69. The highest BCUT2D eigenvalue weighted by molar-refractivity contribution is 7.20. The topological polar surface area (TPSA) is 28.7 Å². The van der Waals surface area contributed by atoms with Crippen LogP contribution in [0.2, 0.25) is 0 Å². The fourth-order valence-electron chi connectivity index (χ4n) is 2.06. The standard InChI is InChI=1S/C15H13FN2S/c1-10-13-7-11(16)5-6-15(13)19-14(10)4-2-3-12-8-17-9-18-12/h2,4-9H,3H2,1H3,(H,17,18). The Hall–Kier alpha value is -1.94. The van der Waals surface area contributed by atoms with Gasteiger partial charge in [0.05, 0.1) is 12.0 Å². The fraction of sp³-hybridized carbons (Fsp3) is 0.133. The van der Waals surface area contributed by atoms with E-state index >= 15 is 0 Å². The first-order chi connectivity index (χ1) is 9.24. The van der Waals surface area contributed by atoms with Crippen LogP contribution in [-0.2, 0) is 6.42 Å². The van der Waals surface area contributed by atoms with Crippen LogP contribution in [0.5, 0.6) is 0 Å². The number of halogens is 1. The van der Waals surface area contributed by atoms with Crippen molar-refractivity contribution in [1.29, 1.82) is 0 Å². The zero-order valence-electron chi connectivity index (χ0n) is 10.5. The highest BCUT2D eigenvalue weighted by Crippen LogP contribution is 2.32. The normalized spacial score (nSPS) is 11.7. The van der Waals surface area contributed by atoms with Crippen molar-refractivity contribution in [2.24, 2.45) is 0 Å². The van der Waals surface area contributed by atoms with Crippen molar-refractivity contribution >= 4 is 27.5 Å². The highest BCUT2D eigenvalue weighted by Gasteiger charge is 2.06. The van der Waals surface area contributed by atoms with Gasteiger partial charge < -0.3 is 4.98 Å². The maximum atomic E-state index is 13.2. The summed E-state index contributed by atoms with van der Waals surface area (Å²) < 4.78 is 14.4. The molecule has 0 atom stereocenters. The summed E-state index contributed by atoms with van der Waals surface area (Å²) in [6.07, 6.45) is 8.54. The summed E-state index contributed by atoms with van der Waals surface area (Å²) in [6.45, 7) is 2.03. The second kappa shape index (κ2) is 4.97. The van der Waals surface area contributed by atoms with Crippen LogP contribution < -0.4 is 0 Å². The third-order valence-electron chi connectivity index (χ3n) is 3.09. The van der Waals surface area contributed by atoms with Crippen LogP contribution in [0.4, 0.5) is 4.39 Å². The summed E-state index contributed by atoms with van der Waals surface area (Å²) in [7, 11) is 0. The number of nitrogens with one attached hydrogen (secondary N) is 1. The van der Waals surface area contributed by atoms with Gasteiger partial charge in [0, 0.05) is 22.2 Å². The average Bonchev–Trinajstić information content (AvgIpc) is 3.00. The van der Waals surface area contributed by atoms with E-state index in [-0.39, 0.29) is 5.82 Å². The van der Waals surface area contributed by atoms with Gasteiger partial charge in [0.15, 0.2) is 0 Å². The number of thiophene rings is 1. The van der Waals surface area contributed by atoms with Crippen LogP contribution in [0.3, 0.4) is 0 Å². The number of hydrogen-bond donors (Lipinski definition) is 1. The van der Waals surface area contributed by atoms with Gasteiger partial charge in [-0.15, -0.1) is 11.3 Å². The molecule has 0 unspecified atom stereocenters. The van der Waals surface area contributed by atoms with Gasteiger partial charge in [-0.2, -0.15) is 0 Å². The summed E-state index contributed by atoms with van der Waals surface area (Å²) in [5, 5.41) is 1.00. The van der Waals surface area contributed by atoms with Crippen LogP contribution in [0.25, 0.3) is 16.2 Å². The number of allylic oxidation sites excluding steroid dienone is 1. The van der Waals surface area contributed by atoms with E-state index in [1.54, 1.807) is 23.7 Å². The second-order valence-electron chi connectivity index (χ2n) is 4.40. The van der Waals surface area contributed by atoms with Crippen molar-refractivity contribution in [1.82, 2.24) is 9.97 Å². The number of aromatic nitrogens is 2. The molecule has 1 aromatic carbocycles. The van der Waals surface area contributed by atoms with Crippen LogP contribution in [0.1, 0.15) is 16.1 Å². The number of imidazole rings is 1. The number of hydrogen-bond acceptors (Lipinski definition) is 2. The quantitative estimate of drug-likeness (QED) is 0.755. The molecule has 0 spiro atoms. The maximum absolute atomic E-state index is 13.2. The lowest BCUT2D eigenvalue weighted by Crippen LogP contribution is -1.79. The summed E-state index contributed by atoms with van der Waals surface area (Å²) in [6, 6.07) is 4.95. The molecule has 0 saturated carbocycles. The summed E-state index contributed by atoms with van der Waals surface area (Å²) in [4.78, 5) is 8.28. The molecular weight excluding hydrogens is 259 g/mol. The average molecular weight is 272 g/mol. The Bertz CT molecular complexity index is 726. The van der Waals surface area contributed by atoms with Crippen LogP contribution in [0.15, 0.2) is 36.8 Å². The smallest absolute Gasteiger partial charge is 0.123 e. The van der Waals surface area contributed by atoms with Gasteiger partial charge in [-0.1, -0.05) is 6.08 Å². The van der Waals surface area contributed by atoms with Gasteiger partial charge >= 0.3 is 0 Å². The molecule has 96 valence electrons. The van der Waals surface area contributed by atoms with E-state index in [1.807, 2.05) is 19.2 Å². The molecule has 19 heavy (non-hydrogen) atoms. The van der Waals surface area contributed by atoms with Crippen molar-refractivity contribution in [3.8, 4) is 0 Å². The van der Waals surface area contributed by atoms with Gasteiger partial charge in [0.1, 0.15) is 5.82 Å². The first-order valence-electron chi connectivity index (χ1n) is 6.07. The minimum absolute atomic E-state index is 0.180. The lowest BCUT2D eigenvalue weighted by molar-refractivity contribution is 0.630. The fourth-order valence-corrected chi connectivity index (χ4v) is 3.18. The van der Waals surface area contributed by atoms with E-state index in [0.29, 0.717) is 0 Å². The zero-order chi connectivity index (χ0) is 13.2. The molecule has 0 aliphatic heterocycles. The van der Waals surface area contributed by atoms with Crippen LogP contribution in [-0.4, -0.2) is 9.97 Å². The molecule has 0 bridgehead atoms. The predicted molar refractivity (Wildman–Crippen MR) is 77.8 cm³/mol.